The van der Waals surface area contributed by atoms with Gasteiger partial charge in [0.15, 0.2) is 0 Å². The summed E-state index contributed by atoms with van der Waals surface area (Å²) in [5.74, 6) is 0.747. The van der Waals surface area contributed by atoms with Gasteiger partial charge in [-0.15, -0.1) is 0 Å². The minimum atomic E-state index is -0.0640. The fraction of sp³-hybridized carbons (Fsp3) is 0.636. The molecule has 0 saturated carbocycles. The molecule has 0 aliphatic carbocycles. The maximum atomic E-state index is 5.58. The minimum absolute atomic E-state index is 0.0640. The number of hydrogen-bond acceptors (Lipinski definition) is 5. The van der Waals surface area contributed by atoms with Crippen molar-refractivity contribution in [1.82, 2.24) is 9.97 Å². The third kappa shape index (κ3) is 2.15. The van der Waals surface area contributed by atoms with E-state index in [9.17, 15) is 0 Å². The largest absolute Gasteiger partial charge is 0.377 e. The lowest BCUT2D eigenvalue weighted by molar-refractivity contribution is 0.0633. The van der Waals surface area contributed by atoms with E-state index in [4.69, 9.17) is 10.5 Å². The molecule has 1 aliphatic rings. The number of rotatable bonds is 2. The van der Waals surface area contributed by atoms with E-state index in [1.165, 1.54) is 0 Å². The highest BCUT2D eigenvalue weighted by Crippen LogP contribution is 2.23. The molecule has 1 aromatic rings. The summed E-state index contributed by atoms with van der Waals surface area (Å²) >= 11 is 0. The van der Waals surface area contributed by atoms with Crippen molar-refractivity contribution in [1.29, 1.82) is 0 Å². The second-order valence-corrected chi connectivity index (χ2v) is 4.57. The number of morpholine rings is 1. The van der Waals surface area contributed by atoms with Crippen molar-refractivity contribution in [3.05, 3.63) is 18.0 Å². The van der Waals surface area contributed by atoms with Gasteiger partial charge < -0.3 is 15.4 Å². The zero-order valence-corrected chi connectivity index (χ0v) is 9.81. The molecule has 0 spiro atoms. The van der Waals surface area contributed by atoms with Crippen molar-refractivity contribution in [3.8, 4) is 0 Å². The number of nitrogens with zero attached hydrogens (tertiary/aromatic N) is 3. The summed E-state index contributed by atoms with van der Waals surface area (Å²) in [5, 5.41) is 0. The monoisotopic (exact) mass is 222 g/mol. The van der Waals surface area contributed by atoms with Crippen LogP contribution in [0.1, 0.15) is 19.5 Å². The maximum Gasteiger partial charge on any atom is 0.226 e. The van der Waals surface area contributed by atoms with E-state index in [0.29, 0.717) is 13.2 Å². The van der Waals surface area contributed by atoms with E-state index in [1.807, 2.05) is 6.07 Å². The molecule has 16 heavy (non-hydrogen) atoms. The van der Waals surface area contributed by atoms with Crippen LogP contribution in [0.3, 0.4) is 0 Å². The molecule has 2 rings (SSSR count). The van der Waals surface area contributed by atoms with E-state index in [2.05, 4.69) is 28.7 Å². The molecule has 5 nitrogen and oxygen atoms in total. The highest BCUT2D eigenvalue weighted by molar-refractivity contribution is 5.35. The lowest BCUT2D eigenvalue weighted by Crippen LogP contribution is -2.53. The maximum absolute atomic E-state index is 5.58. The van der Waals surface area contributed by atoms with Crippen molar-refractivity contribution in [2.24, 2.45) is 5.73 Å². The Morgan fingerprint density at radius 3 is 3.06 bits per heavy atom. The predicted octanol–water partition coefficient (Wildman–Crippen LogP) is 0.551. The average Bonchev–Trinajstić information content (AvgIpc) is 2.28. The van der Waals surface area contributed by atoms with Crippen LogP contribution < -0.4 is 10.6 Å². The molecule has 1 aliphatic heterocycles. The van der Waals surface area contributed by atoms with Gasteiger partial charge in [-0.25, -0.2) is 9.97 Å². The summed E-state index contributed by atoms with van der Waals surface area (Å²) in [6.07, 6.45) is 1.76. The quantitative estimate of drug-likeness (QED) is 0.791. The molecule has 0 aromatic carbocycles. The highest BCUT2D eigenvalue weighted by Gasteiger charge is 2.32. The summed E-state index contributed by atoms with van der Waals surface area (Å²) in [7, 11) is 0. The summed E-state index contributed by atoms with van der Waals surface area (Å²) in [4.78, 5) is 10.9. The Kier molecular flexibility index (Phi) is 3.07. The van der Waals surface area contributed by atoms with Gasteiger partial charge in [0, 0.05) is 19.3 Å². The van der Waals surface area contributed by atoms with Gasteiger partial charge in [-0.2, -0.15) is 0 Å². The highest BCUT2D eigenvalue weighted by atomic mass is 16.5. The molecule has 88 valence electrons. The number of aromatic nitrogens is 2. The predicted molar refractivity (Wildman–Crippen MR) is 62.2 cm³/mol. The third-order valence-electron chi connectivity index (χ3n) is 2.80. The van der Waals surface area contributed by atoms with Crippen LogP contribution in [0.25, 0.3) is 0 Å². The Morgan fingerprint density at radius 2 is 2.38 bits per heavy atom. The first-order valence-corrected chi connectivity index (χ1v) is 5.51. The molecule has 1 aromatic heterocycles. The van der Waals surface area contributed by atoms with Crippen molar-refractivity contribution in [3.63, 3.8) is 0 Å². The first-order valence-electron chi connectivity index (χ1n) is 5.51. The van der Waals surface area contributed by atoms with Gasteiger partial charge in [-0.1, -0.05) is 0 Å². The lowest BCUT2D eigenvalue weighted by atomic mass is 10.0. The first kappa shape index (κ1) is 11.3. The lowest BCUT2D eigenvalue weighted by Gasteiger charge is -2.42. The van der Waals surface area contributed by atoms with Crippen LogP contribution in [0.2, 0.25) is 0 Å². The summed E-state index contributed by atoms with van der Waals surface area (Å²) < 4.78 is 5.47. The molecule has 0 bridgehead atoms. The molecule has 0 unspecified atom stereocenters. The van der Waals surface area contributed by atoms with Gasteiger partial charge in [0.2, 0.25) is 5.95 Å². The number of hydrogen-bond donors (Lipinski definition) is 1. The molecule has 1 fully saturated rings. The SMILES string of the molecule is CC1(C)COCCN1c1nccc(CN)n1. The first-order chi connectivity index (χ1) is 7.63. The third-order valence-corrected chi connectivity index (χ3v) is 2.80. The fourth-order valence-electron chi connectivity index (χ4n) is 1.86. The van der Waals surface area contributed by atoms with Crippen molar-refractivity contribution in [2.75, 3.05) is 24.7 Å². The van der Waals surface area contributed by atoms with E-state index in [0.717, 1.165) is 24.8 Å². The summed E-state index contributed by atoms with van der Waals surface area (Å²) in [6.45, 7) is 6.94. The Balaban J connectivity index is 2.27. The smallest absolute Gasteiger partial charge is 0.226 e. The standard InChI is InChI=1S/C11H18N4O/c1-11(2)8-16-6-5-15(11)10-13-4-3-9(7-12)14-10/h3-4H,5-8,12H2,1-2H3. The van der Waals surface area contributed by atoms with Crippen molar-refractivity contribution >= 4 is 5.95 Å². The molecule has 0 atom stereocenters. The van der Waals surface area contributed by atoms with Gasteiger partial charge in [-0.05, 0) is 19.9 Å². The van der Waals surface area contributed by atoms with E-state index < -0.39 is 0 Å². The Bertz CT molecular complexity index is 367. The second-order valence-electron chi connectivity index (χ2n) is 4.57. The fourth-order valence-corrected chi connectivity index (χ4v) is 1.86. The van der Waals surface area contributed by atoms with Gasteiger partial charge in [-0.3, -0.25) is 0 Å². The number of nitrogens with two attached hydrogens (primary N) is 1. The van der Waals surface area contributed by atoms with E-state index in [1.54, 1.807) is 6.20 Å². The summed E-state index contributed by atoms with van der Waals surface area (Å²) in [6, 6.07) is 1.84. The molecule has 2 heterocycles. The minimum Gasteiger partial charge on any atom is -0.377 e. The normalized spacial score (nSPS) is 19.8. The van der Waals surface area contributed by atoms with Crippen molar-refractivity contribution in [2.45, 2.75) is 25.9 Å². The topological polar surface area (TPSA) is 64.3 Å². The van der Waals surface area contributed by atoms with Gasteiger partial charge >= 0.3 is 0 Å². The molecular weight excluding hydrogens is 204 g/mol. The van der Waals surface area contributed by atoms with Crippen LogP contribution in [0.15, 0.2) is 12.3 Å². The summed E-state index contributed by atoms with van der Waals surface area (Å²) in [5.41, 5.74) is 6.39. The Hall–Kier alpha value is -1.20. The van der Waals surface area contributed by atoms with E-state index >= 15 is 0 Å². The van der Waals surface area contributed by atoms with Gasteiger partial charge in [0.1, 0.15) is 0 Å². The number of anilines is 1. The molecule has 5 heteroatoms. The average molecular weight is 222 g/mol. The Morgan fingerprint density at radius 1 is 1.56 bits per heavy atom. The molecule has 2 N–H and O–H groups in total. The zero-order valence-electron chi connectivity index (χ0n) is 9.81. The molecule has 0 radical (unpaired) electrons. The zero-order chi connectivity index (χ0) is 11.6. The molecule has 1 saturated heterocycles. The van der Waals surface area contributed by atoms with Crippen LogP contribution in [0.4, 0.5) is 5.95 Å². The second kappa shape index (κ2) is 4.35. The van der Waals surface area contributed by atoms with Crippen LogP contribution in [-0.2, 0) is 11.3 Å². The van der Waals surface area contributed by atoms with Gasteiger partial charge in [0.25, 0.3) is 0 Å². The number of ether oxygens (including phenoxy) is 1. The van der Waals surface area contributed by atoms with Crippen molar-refractivity contribution < 1.29 is 4.74 Å². The van der Waals surface area contributed by atoms with E-state index in [-0.39, 0.29) is 5.54 Å². The van der Waals surface area contributed by atoms with Crippen LogP contribution in [0.5, 0.6) is 0 Å². The van der Waals surface area contributed by atoms with Crippen LogP contribution >= 0.6 is 0 Å². The Labute approximate surface area is 95.6 Å². The molecule has 0 amide bonds. The molecular formula is C11H18N4O. The van der Waals surface area contributed by atoms with Crippen LogP contribution in [0, 0.1) is 0 Å². The van der Waals surface area contributed by atoms with Crippen LogP contribution in [-0.4, -0.2) is 35.3 Å². The van der Waals surface area contributed by atoms with Gasteiger partial charge in [0.05, 0.1) is 24.4 Å².